The van der Waals surface area contributed by atoms with E-state index in [1.165, 1.54) is 44.1 Å². The maximum absolute atomic E-state index is 11.0. The summed E-state index contributed by atoms with van der Waals surface area (Å²) < 4.78 is 0. The Morgan fingerprint density at radius 3 is 2.74 bits per heavy atom. The van der Waals surface area contributed by atoms with Crippen LogP contribution in [-0.2, 0) is 6.42 Å². The van der Waals surface area contributed by atoms with Gasteiger partial charge in [0.1, 0.15) is 0 Å². The molecule has 0 heterocycles. The minimum absolute atomic E-state index is 0.400. The molecule has 1 fully saturated rings. The lowest BCUT2D eigenvalue weighted by Crippen LogP contribution is -2.41. The van der Waals surface area contributed by atoms with E-state index in [1.54, 1.807) is 0 Å². The zero-order chi connectivity index (χ0) is 13.6. The first-order valence-corrected chi connectivity index (χ1v) is 8.01. The van der Waals surface area contributed by atoms with E-state index in [0.717, 1.165) is 19.3 Å². The summed E-state index contributed by atoms with van der Waals surface area (Å²) >= 11 is 0. The van der Waals surface area contributed by atoms with Crippen LogP contribution in [0.3, 0.4) is 0 Å². The summed E-state index contributed by atoms with van der Waals surface area (Å²) in [5.41, 5.74) is 0.958. The monoisotopic (exact) mass is 260 g/mol. The lowest BCUT2D eigenvalue weighted by molar-refractivity contribution is -0.0582. The second-order valence-electron chi connectivity index (χ2n) is 6.17. The molecule has 1 nitrogen and oxygen atoms in total. The van der Waals surface area contributed by atoms with Crippen LogP contribution in [-0.4, -0.2) is 10.7 Å². The second-order valence-corrected chi connectivity index (χ2v) is 6.17. The lowest BCUT2D eigenvalue weighted by Gasteiger charge is -2.40. The van der Waals surface area contributed by atoms with E-state index in [9.17, 15) is 5.11 Å². The van der Waals surface area contributed by atoms with Gasteiger partial charge in [0.2, 0.25) is 0 Å². The average Bonchev–Trinajstić information content (AvgIpc) is 2.46. The third-order valence-electron chi connectivity index (χ3n) is 4.77. The van der Waals surface area contributed by atoms with E-state index >= 15 is 0 Å². The molecule has 1 aliphatic carbocycles. The third-order valence-corrected chi connectivity index (χ3v) is 4.77. The van der Waals surface area contributed by atoms with Gasteiger partial charge < -0.3 is 5.11 Å². The number of hydrogen-bond acceptors (Lipinski definition) is 1. The van der Waals surface area contributed by atoms with Crippen molar-refractivity contribution in [2.24, 2.45) is 5.92 Å². The Morgan fingerprint density at radius 1 is 1.21 bits per heavy atom. The first-order valence-electron chi connectivity index (χ1n) is 8.01. The highest BCUT2D eigenvalue weighted by Gasteiger charge is 2.37. The Kier molecular flexibility index (Phi) is 5.45. The fraction of sp³-hybridized carbons (Fsp3) is 0.667. The molecule has 106 valence electrons. The van der Waals surface area contributed by atoms with Crippen LogP contribution in [0.4, 0.5) is 0 Å². The maximum Gasteiger partial charge on any atom is 0.0679 e. The highest BCUT2D eigenvalue weighted by Crippen LogP contribution is 2.39. The van der Waals surface area contributed by atoms with Crippen molar-refractivity contribution in [2.45, 2.75) is 70.3 Å². The van der Waals surface area contributed by atoms with Crippen molar-refractivity contribution in [1.82, 2.24) is 0 Å². The molecule has 1 heteroatoms. The van der Waals surface area contributed by atoms with Gasteiger partial charge in [-0.05, 0) is 43.6 Å². The number of aryl methyl sites for hydroxylation is 1. The van der Waals surface area contributed by atoms with Crippen LogP contribution < -0.4 is 0 Å². The van der Waals surface area contributed by atoms with E-state index in [4.69, 9.17) is 0 Å². The molecule has 1 N–H and O–H groups in total. The largest absolute Gasteiger partial charge is 0.390 e. The number of hydrogen-bond donors (Lipinski definition) is 1. The fourth-order valence-corrected chi connectivity index (χ4v) is 3.49. The molecule has 2 unspecified atom stereocenters. The normalized spacial score (nSPS) is 27.4. The van der Waals surface area contributed by atoms with E-state index in [-0.39, 0.29) is 0 Å². The van der Waals surface area contributed by atoms with E-state index in [0.29, 0.717) is 5.92 Å². The van der Waals surface area contributed by atoms with Crippen molar-refractivity contribution in [3.63, 3.8) is 0 Å². The standard InChI is InChI=1S/C18H28O/c1-2-3-11-17-12-7-8-14-18(17,19)15-13-16-9-5-4-6-10-16/h4-6,9-10,17,19H,2-3,7-8,11-15H2,1H3. The van der Waals surface area contributed by atoms with Crippen LogP contribution in [0, 0.1) is 5.92 Å². The highest BCUT2D eigenvalue weighted by molar-refractivity contribution is 5.15. The van der Waals surface area contributed by atoms with Crippen molar-refractivity contribution in [2.75, 3.05) is 0 Å². The predicted molar refractivity (Wildman–Crippen MR) is 81.2 cm³/mol. The van der Waals surface area contributed by atoms with Crippen molar-refractivity contribution >= 4 is 0 Å². The summed E-state index contributed by atoms with van der Waals surface area (Å²) in [4.78, 5) is 0. The highest BCUT2D eigenvalue weighted by atomic mass is 16.3. The summed E-state index contributed by atoms with van der Waals surface area (Å²) in [6.45, 7) is 2.24. The van der Waals surface area contributed by atoms with Crippen LogP contribution in [0.5, 0.6) is 0 Å². The van der Waals surface area contributed by atoms with E-state index < -0.39 is 5.60 Å². The summed E-state index contributed by atoms with van der Waals surface area (Å²) in [6, 6.07) is 10.6. The van der Waals surface area contributed by atoms with Crippen LogP contribution in [0.2, 0.25) is 0 Å². The summed E-state index contributed by atoms with van der Waals surface area (Å²) in [7, 11) is 0. The van der Waals surface area contributed by atoms with Crippen molar-refractivity contribution in [3.05, 3.63) is 35.9 Å². The first kappa shape index (κ1) is 14.6. The number of rotatable bonds is 6. The van der Waals surface area contributed by atoms with E-state index in [2.05, 4.69) is 37.3 Å². The summed E-state index contributed by atoms with van der Waals surface area (Å²) in [5.74, 6) is 0.532. The second kappa shape index (κ2) is 7.09. The molecular formula is C18H28O. The lowest BCUT2D eigenvalue weighted by atomic mass is 9.70. The average molecular weight is 260 g/mol. The Bertz CT molecular complexity index is 359. The Labute approximate surface area is 118 Å². The molecule has 0 amide bonds. The molecule has 1 aliphatic rings. The van der Waals surface area contributed by atoms with Gasteiger partial charge in [-0.25, -0.2) is 0 Å². The van der Waals surface area contributed by atoms with E-state index in [1.807, 2.05) is 0 Å². The number of unbranched alkanes of at least 4 members (excludes halogenated alkanes) is 1. The zero-order valence-corrected chi connectivity index (χ0v) is 12.3. The van der Waals surface area contributed by atoms with Crippen molar-refractivity contribution in [1.29, 1.82) is 0 Å². The molecule has 0 aliphatic heterocycles. The fourth-order valence-electron chi connectivity index (χ4n) is 3.49. The predicted octanol–water partition coefficient (Wildman–Crippen LogP) is 4.73. The molecule has 2 rings (SSSR count). The Hall–Kier alpha value is -0.820. The zero-order valence-electron chi connectivity index (χ0n) is 12.3. The van der Waals surface area contributed by atoms with Gasteiger partial charge in [0.05, 0.1) is 5.60 Å². The molecule has 0 aromatic heterocycles. The molecule has 1 aromatic rings. The SMILES string of the molecule is CCCCC1CCCCC1(O)CCc1ccccc1. The van der Waals surface area contributed by atoms with Crippen molar-refractivity contribution < 1.29 is 5.11 Å². The van der Waals surface area contributed by atoms with Gasteiger partial charge in [0.25, 0.3) is 0 Å². The van der Waals surface area contributed by atoms with Gasteiger partial charge in [-0.15, -0.1) is 0 Å². The van der Waals surface area contributed by atoms with Crippen molar-refractivity contribution in [3.8, 4) is 0 Å². The molecule has 0 saturated heterocycles. The van der Waals surface area contributed by atoms with Gasteiger partial charge in [0.15, 0.2) is 0 Å². The van der Waals surface area contributed by atoms with Crippen LogP contribution in [0.1, 0.15) is 63.9 Å². The topological polar surface area (TPSA) is 20.2 Å². The summed E-state index contributed by atoms with van der Waals surface area (Å²) in [5, 5.41) is 11.0. The van der Waals surface area contributed by atoms with Gasteiger partial charge in [-0.1, -0.05) is 62.9 Å². The van der Waals surface area contributed by atoms with Gasteiger partial charge >= 0.3 is 0 Å². The smallest absolute Gasteiger partial charge is 0.0679 e. The minimum Gasteiger partial charge on any atom is -0.390 e. The molecule has 1 aromatic carbocycles. The molecule has 0 radical (unpaired) electrons. The van der Waals surface area contributed by atoms with Gasteiger partial charge in [-0.2, -0.15) is 0 Å². The number of aliphatic hydroxyl groups is 1. The quantitative estimate of drug-likeness (QED) is 0.784. The molecule has 19 heavy (non-hydrogen) atoms. The van der Waals surface area contributed by atoms with Gasteiger partial charge in [-0.3, -0.25) is 0 Å². The Morgan fingerprint density at radius 2 is 2.00 bits per heavy atom. The molecule has 1 saturated carbocycles. The Balaban J connectivity index is 1.93. The van der Waals surface area contributed by atoms with Gasteiger partial charge in [0, 0.05) is 0 Å². The number of benzene rings is 1. The molecule has 2 atom stereocenters. The summed E-state index contributed by atoms with van der Waals surface area (Å²) in [6.07, 6.45) is 10.4. The van der Waals surface area contributed by atoms with Crippen LogP contribution in [0.15, 0.2) is 30.3 Å². The molecule has 0 spiro atoms. The van der Waals surface area contributed by atoms with Crippen LogP contribution in [0.25, 0.3) is 0 Å². The minimum atomic E-state index is -0.400. The molecular weight excluding hydrogens is 232 g/mol. The van der Waals surface area contributed by atoms with Crippen LogP contribution >= 0.6 is 0 Å². The maximum atomic E-state index is 11.0. The third kappa shape index (κ3) is 4.07. The molecule has 0 bridgehead atoms. The first-order chi connectivity index (χ1) is 9.24.